The molecule has 2 aromatic rings. The molecule has 0 radical (unpaired) electrons. The lowest BCUT2D eigenvalue weighted by Crippen LogP contribution is -2.36. The summed E-state index contributed by atoms with van der Waals surface area (Å²) < 4.78 is 5.28. The molecule has 0 aliphatic carbocycles. The van der Waals surface area contributed by atoms with Gasteiger partial charge in [-0.2, -0.15) is 5.26 Å². The van der Waals surface area contributed by atoms with Gasteiger partial charge in [0.15, 0.2) is 0 Å². The molecule has 4 nitrogen and oxygen atoms in total. The second-order valence-electron chi connectivity index (χ2n) is 5.66. The number of hydrogen-bond donors (Lipinski definition) is 0. The molecule has 1 amide bonds. The van der Waals surface area contributed by atoms with Crippen molar-refractivity contribution in [2.24, 2.45) is 0 Å². The van der Waals surface area contributed by atoms with E-state index in [1.807, 2.05) is 48.5 Å². The smallest absolute Gasteiger partial charge is 0.264 e. The van der Waals surface area contributed by atoms with Gasteiger partial charge in [0.25, 0.3) is 5.91 Å². The zero-order valence-electron chi connectivity index (χ0n) is 13.5. The van der Waals surface area contributed by atoms with E-state index in [1.165, 1.54) is 5.56 Å². The molecule has 0 unspecified atom stereocenters. The van der Waals surface area contributed by atoms with Gasteiger partial charge in [0, 0.05) is 18.7 Å². The first kappa shape index (κ1) is 15.8. The first-order valence-corrected chi connectivity index (χ1v) is 7.84. The average Bonchev–Trinajstić information content (AvgIpc) is 2.65. The summed E-state index contributed by atoms with van der Waals surface area (Å²) in [5.74, 6) is 0.403. The number of carbonyl (C=O) groups excluding carboxylic acids is 1. The van der Waals surface area contributed by atoms with E-state index in [4.69, 9.17) is 4.74 Å². The molecule has 4 heteroatoms. The van der Waals surface area contributed by atoms with Crippen molar-refractivity contribution in [1.82, 2.24) is 4.90 Å². The molecule has 0 fully saturated rings. The van der Waals surface area contributed by atoms with Gasteiger partial charge in [-0.15, -0.1) is 0 Å². The summed E-state index contributed by atoms with van der Waals surface area (Å²) in [5, 5.41) is 9.44. The molecule has 1 aliphatic rings. The number of hydrogen-bond acceptors (Lipinski definition) is 3. The predicted molar refractivity (Wildman–Crippen MR) is 92.1 cm³/mol. The van der Waals surface area contributed by atoms with Crippen LogP contribution in [-0.2, 0) is 17.8 Å². The third-order valence-corrected chi connectivity index (χ3v) is 4.21. The molecule has 0 bridgehead atoms. The SMILES string of the molecule is COc1ccccc1/C=C(\C#N)C(=O)N1CCc2ccccc2C1. The van der Waals surface area contributed by atoms with Gasteiger partial charge in [0.1, 0.15) is 17.4 Å². The van der Waals surface area contributed by atoms with Crippen LogP contribution in [0.15, 0.2) is 54.1 Å². The monoisotopic (exact) mass is 318 g/mol. The van der Waals surface area contributed by atoms with Crippen LogP contribution in [0, 0.1) is 11.3 Å². The topological polar surface area (TPSA) is 53.3 Å². The number of nitriles is 1. The third kappa shape index (κ3) is 3.16. The summed E-state index contributed by atoms with van der Waals surface area (Å²) in [6.07, 6.45) is 2.41. The normalized spacial score (nSPS) is 13.8. The zero-order valence-corrected chi connectivity index (χ0v) is 13.5. The van der Waals surface area contributed by atoms with Crippen LogP contribution in [0.25, 0.3) is 6.08 Å². The minimum absolute atomic E-state index is 0.124. The number of amides is 1. The molecule has 2 aromatic carbocycles. The highest BCUT2D eigenvalue weighted by Gasteiger charge is 2.23. The maximum atomic E-state index is 12.7. The van der Waals surface area contributed by atoms with Crippen molar-refractivity contribution in [3.8, 4) is 11.8 Å². The Labute approximate surface area is 141 Å². The van der Waals surface area contributed by atoms with Crippen LogP contribution >= 0.6 is 0 Å². The first-order valence-electron chi connectivity index (χ1n) is 7.84. The summed E-state index contributed by atoms with van der Waals surface area (Å²) in [7, 11) is 1.57. The molecule has 0 aromatic heterocycles. The summed E-state index contributed by atoms with van der Waals surface area (Å²) in [5.41, 5.74) is 3.27. The van der Waals surface area contributed by atoms with Gasteiger partial charge in [-0.3, -0.25) is 4.79 Å². The van der Waals surface area contributed by atoms with Crippen molar-refractivity contribution in [2.45, 2.75) is 13.0 Å². The lowest BCUT2D eigenvalue weighted by molar-refractivity contribution is -0.127. The largest absolute Gasteiger partial charge is 0.496 e. The highest BCUT2D eigenvalue weighted by molar-refractivity contribution is 6.02. The second kappa shape index (κ2) is 7.01. The molecule has 0 atom stereocenters. The van der Waals surface area contributed by atoms with Gasteiger partial charge in [-0.1, -0.05) is 42.5 Å². The Kier molecular flexibility index (Phi) is 4.62. The maximum Gasteiger partial charge on any atom is 0.264 e. The van der Waals surface area contributed by atoms with Crippen LogP contribution in [0.5, 0.6) is 5.75 Å². The summed E-state index contributed by atoms with van der Waals surface area (Å²) in [4.78, 5) is 14.5. The Morgan fingerprint density at radius 3 is 2.62 bits per heavy atom. The predicted octanol–water partition coefficient (Wildman–Crippen LogP) is 3.19. The highest BCUT2D eigenvalue weighted by atomic mass is 16.5. The van der Waals surface area contributed by atoms with Gasteiger partial charge < -0.3 is 9.64 Å². The van der Waals surface area contributed by atoms with Gasteiger partial charge >= 0.3 is 0 Å². The highest BCUT2D eigenvalue weighted by Crippen LogP contribution is 2.23. The van der Waals surface area contributed by atoms with E-state index in [1.54, 1.807) is 18.1 Å². The van der Waals surface area contributed by atoms with Crippen LogP contribution in [0.3, 0.4) is 0 Å². The first-order chi connectivity index (χ1) is 11.7. The molecular formula is C20H18N2O2. The fraction of sp³-hybridized carbons (Fsp3) is 0.200. The number of para-hydroxylation sites is 1. The standard InChI is InChI=1S/C20H18N2O2/c1-24-19-9-5-4-7-16(19)12-18(13-21)20(23)22-11-10-15-6-2-3-8-17(15)14-22/h2-9,12H,10-11,14H2,1H3/b18-12+. The van der Waals surface area contributed by atoms with Crippen molar-refractivity contribution >= 4 is 12.0 Å². The number of ether oxygens (including phenoxy) is 1. The summed E-state index contributed by atoms with van der Waals surface area (Å²) >= 11 is 0. The van der Waals surface area contributed by atoms with E-state index in [0.29, 0.717) is 18.8 Å². The zero-order chi connectivity index (χ0) is 16.9. The molecule has 1 heterocycles. The van der Waals surface area contributed by atoms with Crippen LogP contribution in [-0.4, -0.2) is 24.5 Å². The molecule has 3 rings (SSSR count). The number of carbonyl (C=O) groups is 1. The maximum absolute atomic E-state index is 12.7. The third-order valence-electron chi connectivity index (χ3n) is 4.21. The van der Waals surface area contributed by atoms with E-state index in [2.05, 4.69) is 6.07 Å². The molecule has 24 heavy (non-hydrogen) atoms. The number of fused-ring (bicyclic) bond motifs is 1. The van der Waals surface area contributed by atoms with E-state index in [9.17, 15) is 10.1 Å². The van der Waals surface area contributed by atoms with Crippen LogP contribution < -0.4 is 4.74 Å². The Morgan fingerprint density at radius 2 is 1.88 bits per heavy atom. The molecule has 1 aliphatic heterocycles. The summed E-state index contributed by atoms with van der Waals surface area (Å²) in [6, 6.07) is 17.5. The Bertz CT molecular complexity index is 834. The van der Waals surface area contributed by atoms with Gasteiger partial charge in [-0.25, -0.2) is 0 Å². The Morgan fingerprint density at radius 1 is 1.17 bits per heavy atom. The van der Waals surface area contributed by atoms with Crippen molar-refractivity contribution in [2.75, 3.05) is 13.7 Å². The second-order valence-corrected chi connectivity index (χ2v) is 5.66. The number of nitrogens with zero attached hydrogens (tertiary/aromatic N) is 2. The minimum Gasteiger partial charge on any atom is -0.496 e. The fourth-order valence-corrected chi connectivity index (χ4v) is 2.92. The van der Waals surface area contributed by atoms with Crippen molar-refractivity contribution in [1.29, 1.82) is 5.26 Å². The average molecular weight is 318 g/mol. The van der Waals surface area contributed by atoms with Gasteiger partial charge in [0.05, 0.1) is 7.11 Å². The van der Waals surface area contributed by atoms with Crippen molar-refractivity contribution in [3.05, 3.63) is 70.8 Å². The van der Waals surface area contributed by atoms with E-state index in [-0.39, 0.29) is 11.5 Å². The van der Waals surface area contributed by atoms with Crippen LogP contribution in [0.1, 0.15) is 16.7 Å². The number of benzene rings is 2. The number of methoxy groups -OCH3 is 1. The Balaban J connectivity index is 1.86. The molecule has 0 saturated heterocycles. The molecular weight excluding hydrogens is 300 g/mol. The molecule has 120 valence electrons. The molecule has 0 spiro atoms. The quantitative estimate of drug-likeness (QED) is 0.645. The summed E-state index contributed by atoms with van der Waals surface area (Å²) in [6.45, 7) is 1.17. The number of rotatable bonds is 3. The van der Waals surface area contributed by atoms with Crippen LogP contribution in [0.2, 0.25) is 0 Å². The van der Waals surface area contributed by atoms with Crippen molar-refractivity contribution < 1.29 is 9.53 Å². The van der Waals surface area contributed by atoms with Crippen LogP contribution in [0.4, 0.5) is 0 Å². The fourth-order valence-electron chi connectivity index (χ4n) is 2.92. The van der Waals surface area contributed by atoms with E-state index >= 15 is 0 Å². The lowest BCUT2D eigenvalue weighted by Gasteiger charge is -2.28. The van der Waals surface area contributed by atoms with E-state index in [0.717, 1.165) is 17.5 Å². The van der Waals surface area contributed by atoms with E-state index < -0.39 is 0 Å². The van der Waals surface area contributed by atoms with Gasteiger partial charge in [0.2, 0.25) is 0 Å². The minimum atomic E-state index is -0.238. The Hall–Kier alpha value is -3.06. The van der Waals surface area contributed by atoms with Crippen molar-refractivity contribution in [3.63, 3.8) is 0 Å². The lowest BCUT2D eigenvalue weighted by atomic mass is 9.99. The van der Waals surface area contributed by atoms with Gasteiger partial charge in [-0.05, 0) is 29.7 Å². The molecule has 0 N–H and O–H groups in total. The molecule has 0 saturated carbocycles.